The Kier molecular flexibility index (Phi) is 32.7. The fourth-order valence-corrected chi connectivity index (χ4v) is 19.9. The molecule has 1 unspecified atom stereocenters. The summed E-state index contributed by atoms with van der Waals surface area (Å²) in [6, 6.07) is 37.2. The second-order valence-electron chi connectivity index (χ2n) is 34.8. The van der Waals surface area contributed by atoms with Gasteiger partial charge in [-0.3, -0.25) is 4.79 Å². The van der Waals surface area contributed by atoms with E-state index in [1.54, 1.807) is 23.0 Å². The maximum Gasteiger partial charge on any atom is 0.407 e. The predicted octanol–water partition coefficient (Wildman–Crippen LogP) is 12.3. The number of rotatable bonds is 29. The first-order valence-electron chi connectivity index (χ1n) is 43.6. The lowest BCUT2D eigenvalue weighted by molar-refractivity contribution is 0.1000. The second kappa shape index (κ2) is 43.4. The fourth-order valence-electron chi connectivity index (χ4n) is 16.8. The molecule has 28 nitrogen and oxygen atoms in total. The van der Waals surface area contributed by atoms with Gasteiger partial charge in [0.15, 0.2) is 0 Å². The summed E-state index contributed by atoms with van der Waals surface area (Å²) in [6.45, 7) is 8.92. The van der Waals surface area contributed by atoms with Crippen LogP contribution in [0.3, 0.4) is 0 Å². The van der Waals surface area contributed by atoms with Crippen LogP contribution in [-0.4, -0.2) is 247 Å². The first-order chi connectivity index (χ1) is 59.9. The number of ether oxygens (including phenoxy) is 1. The van der Waals surface area contributed by atoms with Crippen molar-refractivity contribution in [2.24, 2.45) is 11.7 Å². The van der Waals surface area contributed by atoms with Gasteiger partial charge in [-0.05, 0) is 313 Å². The number of H-pyrrole nitrogens is 6. The summed E-state index contributed by atoms with van der Waals surface area (Å²) in [5.74, 6) is 1.36. The second-order valence-corrected chi connectivity index (χ2v) is 40.8. The van der Waals surface area contributed by atoms with Gasteiger partial charge in [0.25, 0.3) is 0 Å². The smallest absolute Gasteiger partial charge is 0.407 e. The number of likely N-dealkylation sites (N-methyl/N-ethyl adjacent to an activating group) is 5. The highest BCUT2D eigenvalue weighted by Gasteiger charge is 2.28. The van der Waals surface area contributed by atoms with E-state index >= 15 is 0 Å². The molecule has 7 aromatic heterocycles. The average Bonchev–Trinajstić information content (AvgIpc) is 1.63. The maximum atomic E-state index is 12.5. The highest BCUT2D eigenvalue weighted by Crippen LogP contribution is 2.39. The third-order valence-electron chi connectivity index (χ3n) is 24.2. The Morgan fingerprint density at radius 2 is 1.01 bits per heavy atom. The molecule has 0 radical (unpaired) electrons. The number of aromatic nitrogens is 9. The number of carbonyl (C=O) groups excluding carboxylic acids is 2. The number of aromatic amines is 6. The van der Waals surface area contributed by atoms with Gasteiger partial charge >= 0.3 is 6.09 Å². The molecule has 2 aliphatic carbocycles. The molecule has 2 saturated heterocycles. The van der Waals surface area contributed by atoms with E-state index in [0.29, 0.717) is 43.6 Å². The van der Waals surface area contributed by atoms with Gasteiger partial charge in [0, 0.05) is 153 Å². The molecule has 2 aliphatic heterocycles. The van der Waals surface area contributed by atoms with E-state index in [4.69, 9.17) is 10.5 Å². The zero-order chi connectivity index (χ0) is 89.1. The van der Waals surface area contributed by atoms with Crippen LogP contribution in [0, 0.1) is 5.92 Å². The molecule has 17 rings (SSSR count). The molecule has 12 N–H and O–H groups in total. The lowest BCUT2D eigenvalue weighted by Gasteiger charge is -2.26. The van der Waals surface area contributed by atoms with E-state index in [0.717, 1.165) is 158 Å². The molecule has 4 aliphatic rings. The number of nitrogens with one attached hydrogen (secondary N) is 10. The molecule has 2 atom stereocenters. The van der Waals surface area contributed by atoms with Crippen molar-refractivity contribution < 1.29 is 39.6 Å². The molecular formula is C94H129N19O9S3. The molecule has 1 saturated carbocycles. The van der Waals surface area contributed by atoms with Gasteiger partial charge in [0.05, 0.1) is 29.8 Å². The molecule has 125 heavy (non-hydrogen) atoms. The molecule has 0 spiro atoms. The summed E-state index contributed by atoms with van der Waals surface area (Å²) in [4.78, 5) is 55.0. The van der Waals surface area contributed by atoms with E-state index < -0.39 is 30.1 Å². The summed E-state index contributed by atoms with van der Waals surface area (Å²) in [5.41, 5.74) is 27.1. The Morgan fingerprint density at radius 3 is 1.50 bits per heavy atom. The van der Waals surface area contributed by atoms with Gasteiger partial charge in [0.2, 0.25) is 36.0 Å². The maximum absolute atomic E-state index is 12.5. The van der Waals surface area contributed by atoms with Crippen LogP contribution in [0.2, 0.25) is 0 Å². The molecule has 0 bridgehead atoms. The van der Waals surface area contributed by atoms with Gasteiger partial charge in [-0.15, -0.1) is 0 Å². The minimum Gasteiger partial charge on any atom is -0.447 e. The third-order valence-corrected chi connectivity index (χ3v) is 28.8. The van der Waals surface area contributed by atoms with Crippen LogP contribution < -0.4 is 25.8 Å². The standard InChI is InChI=1S/C18H26N2O2S.C17H25N3O2S.C16H21N3O2.C15H19N5.C14H21N3O2S.C14H17N3O/c1-13-3-6-15(7-4-13)17-12-20-18-8-5-14(11-16(17)18)9-10-23(21,22)19-2;1-19(2)10-7-15-12-18-17-6-5-14(11-16(15)17)13-23(21,22)20-8-3-4-9-20;1-19(2)6-5-12-9-17-15-4-3-11(8-14(12)15)7-13-10-21-16(20)18-13;1-19(2)6-5-13-8-17-15-4-3-12(7-14(13)15)9-20-11-16-10-18-20;1-15-20(18,19)10-11-4-5-14-13(8-11)12(9-16-14)6-7-17(2)3;1-16-9-3-5-13-11(7-9)10-6-8(14(15)18)2-4-12(10)17-13/h5,8,11-13,15,19-20H,3-4,6-7,9-10H2,1-2H3;5-6,11-12,18H,3-4,7-10,13H2,1-2H3;3-4,8-9,13,17H,5-7,10H2,1-2H3,(H,18,20);3-4,7-8,10-11,17H,5-6,9H2,1-2H3;4-5,8-9,15-16H,6-7,10H2,1-3H3;2,4,6,9,16-17H,3,5,7H2,1H3,(H2,15,18)/t;;13-;;;/m..0.../s1. The first-order valence-corrected chi connectivity index (χ1v) is 48.5. The van der Waals surface area contributed by atoms with Crippen molar-refractivity contribution in [2.75, 3.05) is 129 Å². The van der Waals surface area contributed by atoms with Crippen LogP contribution in [0.1, 0.15) is 135 Å². The lowest BCUT2D eigenvalue weighted by atomic mass is 9.79. The van der Waals surface area contributed by atoms with Crippen LogP contribution in [0.25, 0.3) is 65.4 Å². The predicted molar refractivity (Wildman–Crippen MR) is 505 cm³/mol. The van der Waals surface area contributed by atoms with Crippen molar-refractivity contribution in [3.63, 3.8) is 0 Å². The van der Waals surface area contributed by atoms with Crippen LogP contribution in [-0.2, 0) is 104 Å². The molecule has 2 amide bonds. The molecule has 9 heterocycles. The Labute approximate surface area is 736 Å². The van der Waals surface area contributed by atoms with Crippen molar-refractivity contribution in [3.8, 4) is 0 Å². The van der Waals surface area contributed by atoms with E-state index in [-0.39, 0.29) is 35.3 Å². The summed E-state index contributed by atoms with van der Waals surface area (Å²) in [7, 11) is 11.9. The zero-order valence-electron chi connectivity index (χ0n) is 74.7. The zero-order valence-corrected chi connectivity index (χ0v) is 77.1. The monoisotopic (exact) mass is 1760 g/mol. The number of fused-ring (bicyclic) bond motifs is 8. The van der Waals surface area contributed by atoms with Crippen molar-refractivity contribution in [2.45, 2.75) is 139 Å². The highest BCUT2D eigenvalue weighted by atomic mass is 32.2. The number of hydrogen-bond acceptors (Lipinski definition) is 16. The van der Waals surface area contributed by atoms with Gasteiger partial charge in [-0.1, -0.05) is 50.1 Å². The van der Waals surface area contributed by atoms with Crippen molar-refractivity contribution in [1.29, 1.82) is 0 Å². The number of hydrogen-bond donors (Lipinski definition) is 11. The number of nitrogens with two attached hydrogens (primary N) is 1. The number of primary amides is 1. The largest absolute Gasteiger partial charge is 0.447 e. The Bertz CT molecular complexity index is 6090. The minimum atomic E-state index is -3.23. The van der Waals surface area contributed by atoms with Crippen LogP contribution in [0.4, 0.5) is 4.79 Å². The van der Waals surface area contributed by atoms with Crippen molar-refractivity contribution >= 4 is 107 Å². The topological polar surface area (TPSA) is 362 Å². The van der Waals surface area contributed by atoms with Gasteiger partial charge in [0.1, 0.15) is 19.3 Å². The molecule has 3 fully saturated rings. The van der Waals surface area contributed by atoms with E-state index in [1.807, 2.05) is 92.8 Å². The SMILES string of the molecule is CN(C)CCc1c[nH]c2ccc(CS(=O)(=O)N3CCCC3)cc12.CN(C)CCc1c[nH]c2ccc(C[C@H]3COC(=O)N3)cc12.CN(C)CCc1c[nH]c2ccc(Cn3cncn3)cc12.CNC1CCc2[nH]c3ccc(C(N)=O)cc3c2C1.CNS(=O)(=O)CCc1ccc2[nH]cc(C3CCC(C)CC3)c2c1.CNS(=O)(=O)Cc1ccc2[nH]cc(CCN(C)C)c2c1. The summed E-state index contributed by atoms with van der Waals surface area (Å²) in [5, 5.41) is 17.5. The van der Waals surface area contributed by atoms with Crippen LogP contribution in [0.15, 0.2) is 153 Å². The third kappa shape index (κ3) is 26.3. The fraction of sp³-hybridized carbons (Fsp3) is 0.447. The van der Waals surface area contributed by atoms with E-state index in [1.165, 1.54) is 117 Å². The van der Waals surface area contributed by atoms with Crippen molar-refractivity contribution in [3.05, 3.63) is 225 Å². The van der Waals surface area contributed by atoms with Gasteiger partial charge in [-0.25, -0.2) is 53.5 Å². The molecule has 6 aromatic carbocycles. The van der Waals surface area contributed by atoms with Crippen molar-refractivity contribution in [1.82, 2.24) is 88.7 Å². The molecule has 31 heteroatoms. The minimum absolute atomic E-state index is 0.0116. The number of benzene rings is 6. The van der Waals surface area contributed by atoms with E-state index in [2.05, 4.69) is 196 Å². The first kappa shape index (κ1) is 94.1. The number of carbonyl (C=O) groups is 2. The highest BCUT2D eigenvalue weighted by molar-refractivity contribution is 7.89. The number of amides is 2. The Balaban J connectivity index is 0.000000137. The summed E-state index contributed by atoms with van der Waals surface area (Å²) >= 11 is 0. The molecule has 672 valence electrons. The Hall–Kier alpha value is -10.0. The number of aryl methyl sites for hydroxylation is 2. The van der Waals surface area contributed by atoms with E-state index in [9.17, 15) is 34.8 Å². The van der Waals surface area contributed by atoms with Gasteiger partial charge in [-0.2, -0.15) is 5.10 Å². The Morgan fingerprint density at radius 1 is 0.536 bits per heavy atom. The summed E-state index contributed by atoms with van der Waals surface area (Å²) < 4.78 is 84.6. The number of cyclic esters (lactones) is 1. The number of nitrogens with zero attached hydrogens (tertiary/aromatic N) is 8. The number of sulfonamides is 3. The quantitative estimate of drug-likeness (QED) is 0.0207. The summed E-state index contributed by atoms with van der Waals surface area (Å²) in [6.07, 6.45) is 29.0. The lowest BCUT2D eigenvalue weighted by Crippen LogP contribution is -2.31. The molecule has 13 aromatic rings. The molecular weight excluding hydrogens is 1640 g/mol. The van der Waals surface area contributed by atoms with Gasteiger partial charge < -0.3 is 70.6 Å². The normalized spacial score (nSPS) is 16.8. The average molecular weight is 1770 g/mol. The van der Waals surface area contributed by atoms with Crippen LogP contribution >= 0.6 is 0 Å². The number of alkyl carbamates (subject to hydrolysis) is 1. The van der Waals surface area contributed by atoms with Crippen LogP contribution in [0.5, 0.6) is 0 Å².